The molecule has 4 aromatic carbocycles. The van der Waals surface area contributed by atoms with Crippen molar-refractivity contribution in [2.24, 2.45) is 0 Å². The van der Waals surface area contributed by atoms with Gasteiger partial charge in [0, 0.05) is 59.7 Å². The lowest BCUT2D eigenvalue weighted by molar-refractivity contribution is 0.259. The molecule has 1 fully saturated rings. The maximum absolute atomic E-state index is 9.65. The molecule has 7 rings (SSSR count). The highest BCUT2D eigenvalue weighted by Crippen LogP contribution is 2.27. The Labute approximate surface area is 299 Å². The molecule has 6 aromatic rings. The average molecular weight is 708 g/mol. The number of thioether (sulfide) groups is 1. The van der Waals surface area contributed by atoms with Crippen LogP contribution in [0, 0.1) is 14.8 Å². The van der Waals surface area contributed by atoms with E-state index in [9.17, 15) is 5.41 Å². The summed E-state index contributed by atoms with van der Waals surface area (Å²) < 4.78 is 6.70. The number of hydrogen-bond acceptors (Lipinski definition) is 7. The number of aromatic nitrogens is 4. The van der Waals surface area contributed by atoms with Gasteiger partial charge in [0.2, 0.25) is 0 Å². The largest absolute Gasteiger partial charge is 0.369 e. The van der Waals surface area contributed by atoms with Gasteiger partial charge in [-0.05, 0) is 79.8 Å². The van der Waals surface area contributed by atoms with Crippen molar-refractivity contribution >= 4 is 64.5 Å². The molecule has 1 N–H and O–H groups in total. The summed E-state index contributed by atoms with van der Waals surface area (Å²) >= 11 is 20.2. The van der Waals surface area contributed by atoms with Crippen LogP contribution in [-0.4, -0.2) is 62.1 Å². The van der Waals surface area contributed by atoms with Gasteiger partial charge in [-0.2, -0.15) is 0 Å². The molecule has 1 aliphatic heterocycles. The lowest BCUT2D eigenvalue weighted by Gasteiger charge is -2.36. The van der Waals surface area contributed by atoms with Gasteiger partial charge in [-0.25, -0.2) is 4.98 Å². The number of anilines is 1. The predicted molar refractivity (Wildman–Crippen MR) is 203 cm³/mol. The van der Waals surface area contributed by atoms with Crippen LogP contribution in [0.4, 0.5) is 5.69 Å². The van der Waals surface area contributed by atoms with Crippen molar-refractivity contribution in [1.82, 2.24) is 23.6 Å². The standard InChI is InChI=1S/C37H34ClN7S3/c38-27-12-10-19-31(26-27)42-23-21-41(22-24-42)20-11-25-48-36-40-34-32(33(39)43(36)28-13-4-1-5-14-28)35(46)45(30-17-8-3-9-18-30)37(47)44(34)29-15-6-2-7-16-29/h1-10,12-19,26,39H,11,20-25H2. The molecule has 48 heavy (non-hydrogen) atoms. The summed E-state index contributed by atoms with van der Waals surface area (Å²) in [4.78, 5) is 10.2. The van der Waals surface area contributed by atoms with E-state index in [0.717, 1.165) is 72.1 Å². The first-order chi connectivity index (χ1) is 23.5. The van der Waals surface area contributed by atoms with E-state index in [1.165, 1.54) is 5.69 Å². The molecular formula is C37H34ClN7S3. The summed E-state index contributed by atoms with van der Waals surface area (Å²) in [5, 5.41) is 11.7. The fourth-order valence-electron chi connectivity index (χ4n) is 6.14. The number of nitrogens with one attached hydrogen (secondary N) is 1. The van der Waals surface area contributed by atoms with Gasteiger partial charge in [0.15, 0.2) is 15.6 Å². The second-order valence-corrected chi connectivity index (χ2v) is 13.8. The molecule has 11 heteroatoms. The van der Waals surface area contributed by atoms with Crippen molar-refractivity contribution in [1.29, 1.82) is 5.41 Å². The third-order valence-electron chi connectivity index (χ3n) is 8.53. The fourth-order valence-corrected chi connectivity index (χ4v) is 8.08. The highest BCUT2D eigenvalue weighted by Gasteiger charge is 2.20. The van der Waals surface area contributed by atoms with Crippen molar-refractivity contribution in [3.8, 4) is 17.1 Å². The molecule has 3 heterocycles. The monoisotopic (exact) mass is 707 g/mol. The molecule has 0 bridgehead atoms. The summed E-state index contributed by atoms with van der Waals surface area (Å²) in [5.74, 6) is 0.850. The van der Waals surface area contributed by atoms with E-state index >= 15 is 0 Å². The van der Waals surface area contributed by atoms with Crippen LogP contribution in [0.15, 0.2) is 120 Å². The average Bonchev–Trinajstić information content (AvgIpc) is 3.11. The summed E-state index contributed by atoms with van der Waals surface area (Å²) in [7, 11) is 0. The Morgan fingerprint density at radius 3 is 1.85 bits per heavy atom. The Kier molecular flexibility index (Phi) is 9.88. The van der Waals surface area contributed by atoms with Crippen LogP contribution >= 0.6 is 47.8 Å². The van der Waals surface area contributed by atoms with Crippen LogP contribution < -0.4 is 10.4 Å². The van der Waals surface area contributed by atoms with Gasteiger partial charge in [0.05, 0.1) is 5.39 Å². The van der Waals surface area contributed by atoms with Crippen molar-refractivity contribution < 1.29 is 0 Å². The molecular weight excluding hydrogens is 674 g/mol. The van der Waals surface area contributed by atoms with E-state index in [2.05, 4.69) is 15.9 Å². The number of rotatable bonds is 9. The smallest absolute Gasteiger partial charge is 0.191 e. The van der Waals surface area contributed by atoms with Crippen molar-refractivity contribution in [2.75, 3.05) is 43.4 Å². The lowest BCUT2D eigenvalue weighted by atomic mass is 10.2. The predicted octanol–water partition coefficient (Wildman–Crippen LogP) is 8.50. The topological polar surface area (TPSA) is 58.0 Å². The van der Waals surface area contributed by atoms with Crippen molar-refractivity contribution in [3.63, 3.8) is 0 Å². The fraction of sp³-hybridized carbons (Fsp3) is 0.189. The maximum atomic E-state index is 9.65. The molecule has 0 unspecified atom stereocenters. The minimum Gasteiger partial charge on any atom is -0.369 e. The normalized spacial score (nSPS) is 13.6. The summed E-state index contributed by atoms with van der Waals surface area (Å²) in [6.45, 7) is 4.97. The highest BCUT2D eigenvalue weighted by molar-refractivity contribution is 7.99. The number of hydrogen-bond donors (Lipinski definition) is 1. The zero-order valence-electron chi connectivity index (χ0n) is 26.2. The second-order valence-electron chi connectivity index (χ2n) is 11.6. The minimum absolute atomic E-state index is 0.278. The molecule has 0 saturated carbocycles. The van der Waals surface area contributed by atoms with Gasteiger partial charge in [0.1, 0.15) is 10.1 Å². The van der Waals surface area contributed by atoms with Crippen LogP contribution in [0.3, 0.4) is 0 Å². The molecule has 1 saturated heterocycles. The van der Waals surface area contributed by atoms with E-state index in [0.29, 0.717) is 20.4 Å². The van der Waals surface area contributed by atoms with Crippen LogP contribution in [0.1, 0.15) is 6.42 Å². The lowest BCUT2D eigenvalue weighted by Crippen LogP contribution is -2.46. The molecule has 7 nitrogen and oxygen atoms in total. The van der Waals surface area contributed by atoms with Crippen molar-refractivity contribution in [2.45, 2.75) is 11.6 Å². The molecule has 242 valence electrons. The van der Waals surface area contributed by atoms with E-state index in [1.54, 1.807) is 11.8 Å². The quantitative estimate of drug-likeness (QED) is 0.0704. The van der Waals surface area contributed by atoms with Gasteiger partial charge in [-0.15, -0.1) is 0 Å². The van der Waals surface area contributed by atoms with Gasteiger partial charge < -0.3 is 4.90 Å². The van der Waals surface area contributed by atoms with Gasteiger partial charge in [0.25, 0.3) is 0 Å². The van der Waals surface area contributed by atoms with Crippen molar-refractivity contribution in [3.05, 3.63) is 135 Å². The molecule has 1 aliphatic rings. The number of nitrogens with zero attached hydrogens (tertiary/aromatic N) is 6. The van der Waals surface area contributed by atoms with E-state index in [1.807, 2.05) is 123 Å². The third-order valence-corrected chi connectivity index (χ3v) is 10.5. The van der Waals surface area contributed by atoms with E-state index in [-0.39, 0.29) is 5.49 Å². The van der Waals surface area contributed by atoms with Crippen LogP contribution in [-0.2, 0) is 0 Å². The first-order valence-corrected chi connectivity index (χ1v) is 18.1. The highest BCUT2D eigenvalue weighted by atomic mass is 35.5. The minimum atomic E-state index is 0.278. The van der Waals surface area contributed by atoms with Crippen LogP contribution in [0.25, 0.3) is 28.1 Å². The van der Waals surface area contributed by atoms with Gasteiger partial charge in [-0.1, -0.05) is 96.2 Å². The first-order valence-electron chi connectivity index (χ1n) is 15.9. The summed E-state index contributed by atoms with van der Waals surface area (Å²) in [6.07, 6.45) is 0.990. The summed E-state index contributed by atoms with van der Waals surface area (Å²) in [6, 6.07) is 37.9. The van der Waals surface area contributed by atoms with Crippen LogP contribution in [0.5, 0.6) is 0 Å². The van der Waals surface area contributed by atoms with Crippen LogP contribution in [0.2, 0.25) is 5.02 Å². The number of fused-ring (bicyclic) bond motifs is 1. The SMILES string of the molecule is N=c1c2c(=S)n(-c3ccccc3)c(=S)n(-c3ccccc3)c2nc(SCCCN2CCN(c3cccc(Cl)c3)CC2)n1-c1ccccc1. The zero-order chi connectivity index (χ0) is 33.0. The zero-order valence-corrected chi connectivity index (χ0v) is 29.4. The number of halogens is 1. The number of piperazine rings is 1. The van der Waals surface area contributed by atoms with Gasteiger partial charge >= 0.3 is 0 Å². The Morgan fingerprint density at radius 2 is 1.25 bits per heavy atom. The Balaban J connectivity index is 1.23. The molecule has 0 aliphatic carbocycles. The molecule has 0 spiro atoms. The first kappa shape index (κ1) is 32.5. The van der Waals surface area contributed by atoms with E-state index < -0.39 is 0 Å². The Morgan fingerprint density at radius 1 is 0.688 bits per heavy atom. The Hall–Kier alpha value is -4.06. The molecule has 2 aromatic heterocycles. The molecule has 0 atom stereocenters. The van der Waals surface area contributed by atoms with E-state index in [4.69, 9.17) is 41.0 Å². The maximum Gasteiger partial charge on any atom is 0.191 e. The summed E-state index contributed by atoms with van der Waals surface area (Å²) in [5.41, 5.74) is 4.62. The van der Waals surface area contributed by atoms with Gasteiger partial charge in [-0.3, -0.25) is 24.0 Å². The number of benzene rings is 4. The second kappa shape index (κ2) is 14.6. The Bertz CT molecular complexity index is 2230. The third kappa shape index (κ3) is 6.63. The number of para-hydroxylation sites is 3. The molecule has 0 amide bonds. The molecule has 0 radical (unpaired) electrons.